The number of rotatable bonds is 4. The van der Waals surface area contributed by atoms with E-state index >= 15 is 0 Å². The first-order valence-electron chi connectivity index (χ1n) is 8.21. The van der Waals surface area contributed by atoms with Crippen molar-refractivity contribution in [1.82, 2.24) is 0 Å². The van der Waals surface area contributed by atoms with Crippen LogP contribution in [0.4, 0.5) is 5.69 Å². The summed E-state index contributed by atoms with van der Waals surface area (Å²) in [6.45, 7) is 1.97. The van der Waals surface area contributed by atoms with E-state index in [9.17, 15) is 9.59 Å². The highest BCUT2D eigenvalue weighted by atomic mass is 35.5. The molecule has 3 aromatic rings. The van der Waals surface area contributed by atoms with Crippen molar-refractivity contribution < 1.29 is 9.59 Å². The molecule has 0 saturated heterocycles. The van der Waals surface area contributed by atoms with E-state index in [4.69, 9.17) is 11.6 Å². The summed E-state index contributed by atoms with van der Waals surface area (Å²) in [5, 5.41) is 0.448. The highest BCUT2D eigenvalue weighted by Gasteiger charge is 2.21. The standard InChI is InChI=1S/C22H18ClNO2/c1-15-8-10-17(11-9-15)22(26)24(2)20-13-12-18(23)14-19(20)21(25)16-6-4-3-5-7-16/h3-14H,1-2H3. The van der Waals surface area contributed by atoms with Crippen molar-refractivity contribution in [3.05, 3.63) is 100 Å². The Morgan fingerprint density at radius 2 is 1.50 bits per heavy atom. The SMILES string of the molecule is Cc1ccc(C(=O)N(C)c2ccc(Cl)cc2C(=O)c2ccccc2)cc1. The fourth-order valence-corrected chi connectivity index (χ4v) is 2.90. The molecule has 0 bridgehead atoms. The number of benzene rings is 3. The van der Waals surface area contributed by atoms with Crippen LogP contribution in [0.1, 0.15) is 31.8 Å². The third kappa shape index (κ3) is 3.68. The zero-order valence-electron chi connectivity index (χ0n) is 14.6. The highest BCUT2D eigenvalue weighted by molar-refractivity contribution is 6.31. The first kappa shape index (κ1) is 17.9. The molecule has 130 valence electrons. The Balaban J connectivity index is 2.01. The van der Waals surface area contributed by atoms with Crippen LogP contribution in [-0.2, 0) is 0 Å². The van der Waals surface area contributed by atoms with Crippen molar-refractivity contribution in [2.24, 2.45) is 0 Å². The third-order valence-corrected chi connectivity index (χ3v) is 4.44. The molecule has 0 radical (unpaired) electrons. The maximum atomic E-state index is 12.9. The van der Waals surface area contributed by atoms with Gasteiger partial charge in [-0.3, -0.25) is 9.59 Å². The molecule has 0 atom stereocenters. The molecular formula is C22H18ClNO2. The van der Waals surface area contributed by atoms with E-state index in [-0.39, 0.29) is 11.7 Å². The smallest absolute Gasteiger partial charge is 0.258 e. The normalized spacial score (nSPS) is 10.4. The van der Waals surface area contributed by atoms with Crippen LogP contribution in [0, 0.1) is 6.92 Å². The molecule has 0 heterocycles. The van der Waals surface area contributed by atoms with Crippen LogP contribution in [-0.4, -0.2) is 18.7 Å². The molecule has 3 aromatic carbocycles. The summed E-state index contributed by atoms with van der Waals surface area (Å²) in [5.74, 6) is -0.360. The van der Waals surface area contributed by atoms with Gasteiger partial charge in [0.2, 0.25) is 0 Å². The number of carbonyl (C=O) groups excluding carboxylic acids is 2. The fourth-order valence-electron chi connectivity index (χ4n) is 2.73. The molecule has 0 fully saturated rings. The van der Waals surface area contributed by atoms with E-state index in [2.05, 4.69) is 0 Å². The molecule has 26 heavy (non-hydrogen) atoms. The van der Waals surface area contributed by atoms with Crippen LogP contribution in [0.2, 0.25) is 5.02 Å². The monoisotopic (exact) mass is 363 g/mol. The zero-order chi connectivity index (χ0) is 18.7. The zero-order valence-corrected chi connectivity index (χ0v) is 15.3. The van der Waals surface area contributed by atoms with Crippen molar-refractivity contribution >= 4 is 29.0 Å². The lowest BCUT2D eigenvalue weighted by atomic mass is 10.0. The van der Waals surface area contributed by atoms with Crippen LogP contribution in [0.15, 0.2) is 72.8 Å². The molecule has 0 aliphatic heterocycles. The third-order valence-electron chi connectivity index (χ3n) is 4.20. The molecule has 0 aliphatic rings. The summed E-state index contributed by atoms with van der Waals surface area (Å²) in [6.07, 6.45) is 0. The van der Waals surface area contributed by atoms with E-state index in [0.29, 0.717) is 27.4 Å². The molecule has 3 nitrogen and oxygen atoms in total. The average molecular weight is 364 g/mol. The molecule has 1 amide bonds. The predicted octanol–water partition coefficient (Wildman–Crippen LogP) is 5.16. The topological polar surface area (TPSA) is 37.4 Å². The van der Waals surface area contributed by atoms with Gasteiger partial charge in [0.25, 0.3) is 5.91 Å². The fraction of sp³-hybridized carbons (Fsp3) is 0.0909. The van der Waals surface area contributed by atoms with E-state index in [0.717, 1.165) is 5.56 Å². The van der Waals surface area contributed by atoms with Crippen molar-refractivity contribution in [2.75, 3.05) is 11.9 Å². The van der Waals surface area contributed by atoms with E-state index in [1.807, 2.05) is 25.1 Å². The second-order valence-corrected chi connectivity index (χ2v) is 6.52. The molecule has 0 spiro atoms. The first-order chi connectivity index (χ1) is 12.5. The molecule has 0 saturated carbocycles. The maximum absolute atomic E-state index is 12.9. The largest absolute Gasteiger partial charge is 0.311 e. The predicted molar refractivity (Wildman–Crippen MR) is 105 cm³/mol. The Morgan fingerprint density at radius 3 is 2.15 bits per heavy atom. The van der Waals surface area contributed by atoms with Gasteiger partial charge in [-0.05, 0) is 37.3 Å². The van der Waals surface area contributed by atoms with Gasteiger partial charge in [-0.25, -0.2) is 0 Å². The number of ketones is 1. The number of amides is 1. The second-order valence-electron chi connectivity index (χ2n) is 6.09. The summed E-state index contributed by atoms with van der Waals surface area (Å²) < 4.78 is 0. The number of aryl methyl sites for hydroxylation is 1. The molecule has 4 heteroatoms. The van der Waals surface area contributed by atoms with E-state index in [1.165, 1.54) is 4.90 Å². The Morgan fingerprint density at radius 1 is 0.846 bits per heavy atom. The average Bonchev–Trinajstić information content (AvgIpc) is 2.67. The lowest BCUT2D eigenvalue weighted by Crippen LogP contribution is -2.28. The Hall–Kier alpha value is -2.91. The number of nitrogens with zero attached hydrogens (tertiary/aromatic N) is 1. The minimum Gasteiger partial charge on any atom is -0.311 e. The van der Waals surface area contributed by atoms with Crippen LogP contribution in [0.25, 0.3) is 0 Å². The molecule has 0 aliphatic carbocycles. The Kier molecular flexibility index (Phi) is 5.19. The van der Waals surface area contributed by atoms with E-state index in [1.54, 1.807) is 61.6 Å². The van der Waals surface area contributed by atoms with Gasteiger partial charge in [0.15, 0.2) is 5.78 Å². The molecule has 3 rings (SSSR count). The summed E-state index contributed by atoms with van der Waals surface area (Å²) in [5.41, 5.74) is 3.11. The summed E-state index contributed by atoms with van der Waals surface area (Å²) in [6, 6.07) is 21.3. The highest BCUT2D eigenvalue weighted by Crippen LogP contribution is 2.27. The Labute approximate surface area is 157 Å². The van der Waals surface area contributed by atoms with Gasteiger partial charge in [-0.1, -0.05) is 59.6 Å². The van der Waals surface area contributed by atoms with Crippen LogP contribution in [0.5, 0.6) is 0 Å². The van der Waals surface area contributed by atoms with Gasteiger partial charge in [-0.2, -0.15) is 0 Å². The van der Waals surface area contributed by atoms with E-state index < -0.39 is 0 Å². The van der Waals surface area contributed by atoms with Gasteiger partial charge in [-0.15, -0.1) is 0 Å². The first-order valence-corrected chi connectivity index (χ1v) is 8.59. The lowest BCUT2D eigenvalue weighted by molar-refractivity contribution is 0.0993. The summed E-state index contributed by atoms with van der Waals surface area (Å²) in [7, 11) is 1.66. The van der Waals surface area contributed by atoms with Crippen LogP contribution in [0.3, 0.4) is 0 Å². The second kappa shape index (κ2) is 7.54. The van der Waals surface area contributed by atoms with Gasteiger partial charge < -0.3 is 4.90 Å². The number of hydrogen-bond acceptors (Lipinski definition) is 2. The minimum atomic E-state index is -0.186. The maximum Gasteiger partial charge on any atom is 0.258 e. The number of anilines is 1. The minimum absolute atomic E-state index is 0.174. The van der Waals surface area contributed by atoms with Crippen molar-refractivity contribution in [2.45, 2.75) is 6.92 Å². The van der Waals surface area contributed by atoms with Crippen molar-refractivity contribution in [3.8, 4) is 0 Å². The van der Waals surface area contributed by atoms with Crippen LogP contribution >= 0.6 is 11.6 Å². The van der Waals surface area contributed by atoms with Crippen LogP contribution < -0.4 is 4.90 Å². The molecule has 0 N–H and O–H groups in total. The van der Waals surface area contributed by atoms with Gasteiger partial charge in [0.05, 0.1) is 5.69 Å². The number of halogens is 1. The molecule has 0 aromatic heterocycles. The lowest BCUT2D eigenvalue weighted by Gasteiger charge is -2.21. The number of carbonyl (C=O) groups is 2. The van der Waals surface area contributed by atoms with Gasteiger partial charge >= 0.3 is 0 Å². The van der Waals surface area contributed by atoms with Crippen molar-refractivity contribution in [3.63, 3.8) is 0 Å². The quantitative estimate of drug-likeness (QED) is 0.601. The molecular weight excluding hydrogens is 346 g/mol. The summed E-state index contributed by atoms with van der Waals surface area (Å²) in [4.78, 5) is 27.2. The molecule has 0 unspecified atom stereocenters. The van der Waals surface area contributed by atoms with Gasteiger partial charge in [0.1, 0.15) is 0 Å². The van der Waals surface area contributed by atoms with Crippen molar-refractivity contribution in [1.29, 1.82) is 0 Å². The Bertz CT molecular complexity index is 950. The summed E-state index contributed by atoms with van der Waals surface area (Å²) >= 11 is 6.11. The van der Waals surface area contributed by atoms with Gasteiger partial charge in [0, 0.05) is 28.8 Å². The number of hydrogen-bond donors (Lipinski definition) is 0.